The maximum atomic E-state index is 10.8. The number of hydrogen-bond donors (Lipinski definition) is 0. The van der Waals surface area contributed by atoms with Crippen molar-refractivity contribution in [2.24, 2.45) is 0 Å². The van der Waals surface area contributed by atoms with Crippen LogP contribution in [0.1, 0.15) is 21.5 Å². The number of hydrogen-bond acceptors (Lipinski definition) is 3. The third-order valence-corrected chi connectivity index (χ3v) is 2.37. The van der Waals surface area contributed by atoms with Crippen LogP contribution in [-0.4, -0.2) is 11.3 Å². The van der Waals surface area contributed by atoms with E-state index in [9.17, 15) is 4.79 Å². The first-order valence-electron chi connectivity index (χ1n) is 5.37. The molecule has 0 N–H and O–H groups in total. The molecule has 1 aromatic heterocycles. The average molecular weight is 227 g/mol. The maximum absolute atomic E-state index is 10.8. The van der Waals surface area contributed by atoms with Crippen molar-refractivity contribution in [1.82, 2.24) is 4.98 Å². The normalized spacial score (nSPS) is 9.94. The van der Waals surface area contributed by atoms with Gasteiger partial charge in [0.2, 0.25) is 0 Å². The van der Waals surface area contributed by atoms with Gasteiger partial charge in [-0.05, 0) is 30.7 Å². The minimum absolute atomic E-state index is 0.416. The van der Waals surface area contributed by atoms with E-state index in [1.165, 1.54) is 0 Å². The number of nitrogens with zero attached hydrogens (tertiary/aromatic N) is 1. The van der Waals surface area contributed by atoms with Crippen molar-refractivity contribution < 1.29 is 9.53 Å². The molecule has 0 spiro atoms. The molecular weight excluding hydrogens is 214 g/mol. The number of carbonyl (C=O) groups is 1. The second kappa shape index (κ2) is 5.25. The smallest absolute Gasteiger partial charge is 0.153 e. The highest BCUT2D eigenvalue weighted by atomic mass is 16.5. The van der Waals surface area contributed by atoms with Gasteiger partial charge in [0, 0.05) is 18.0 Å². The largest absolute Gasteiger partial charge is 0.488 e. The van der Waals surface area contributed by atoms with Crippen molar-refractivity contribution in [3.05, 3.63) is 59.4 Å². The number of pyridine rings is 1. The number of para-hydroxylation sites is 1. The van der Waals surface area contributed by atoms with Gasteiger partial charge in [-0.25, -0.2) is 0 Å². The van der Waals surface area contributed by atoms with E-state index in [2.05, 4.69) is 4.98 Å². The van der Waals surface area contributed by atoms with Crippen LogP contribution in [0.25, 0.3) is 0 Å². The van der Waals surface area contributed by atoms with E-state index in [0.717, 1.165) is 17.4 Å². The van der Waals surface area contributed by atoms with Gasteiger partial charge in [0.05, 0.1) is 5.56 Å². The van der Waals surface area contributed by atoms with Gasteiger partial charge in [0.1, 0.15) is 12.4 Å². The maximum Gasteiger partial charge on any atom is 0.153 e. The Kier molecular flexibility index (Phi) is 3.50. The van der Waals surface area contributed by atoms with E-state index in [0.29, 0.717) is 17.9 Å². The summed E-state index contributed by atoms with van der Waals surface area (Å²) in [5, 5.41) is 0. The van der Waals surface area contributed by atoms with Gasteiger partial charge < -0.3 is 4.74 Å². The lowest BCUT2D eigenvalue weighted by atomic mass is 10.2. The number of carbonyl (C=O) groups excluding carboxylic acids is 1. The standard InChI is InChI=1S/C14H13NO2/c1-11-6-12(8-15-7-11)10-17-14-5-3-2-4-13(14)9-16/h2-9H,10H2,1H3. The third-order valence-electron chi connectivity index (χ3n) is 2.37. The number of aldehydes is 1. The van der Waals surface area contributed by atoms with Crippen LogP contribution < -0.4 is 4.74 Å². The number of rotatable bonds is 4. The van der Waals surface area contributed by atoms with Crippen LogP contribution in [0.5, 0.6) is 5.75 Å². The molecule has 2 rings (SSSR count). The molecule has 0 fully saturated rings. The first kappa shape index (κ1) is 11.3. The lowest BCUT2D eigenvalue weighted by Gasteiger charge is -2.08. The van der Waals surface area contributed by atoms with Crippen molar-refractivity contribution in [2.75, 3.05) is 0 Å². The van der Waals surface area contributed by atoms with Gasteiger partial charge in [-0.2, -0.15) is 0 Å². The molecule has 0 atom stereocenters. The fourth-order valence-corrected chi connectivity index (χ4v) is 1.57. The van der Waals surface area contributed by atoms with E-state index in [-0.39, 0.29) is 0 Å². The highest BCUT2D eigenvalue weighted by molar-refractivity contribution is 5.79. The second-order valence-electron chi connectivity index (χ2n) is 3.81. The Morgan fingerprint density at radius 3 is 2.88 bits per heavy atom. The zero-order chi connectivity index (χ0) is 12.1. The molecule has 3 nitrogen and oxygen atoms in total. The van der Waals surface area contributed by atoms with Gasteiger partial charge in [-0.3, -0.25) is 9.78 Å². The molecule has 2 aromatic rings. The van der Waals surface area contributed by atoms with Crippen LogP contribution in [0.2, 0.25) is 0 Å². The van der Waals surface area contributed by atoms with Gasteiger partial charge >= 0.3 is 0 Å². The van der Waals surface area contributed by atoms with Crippen molar-refractivity contribution in [3.63, 3.8) is 0 Å². The molecule has 0 aliphatic carbocycles. The summed E-state index contributed by atoms with van der Waals surface area (Å²) < 4.78 is 5.60. The molecule has 0 aliphatic rings. The zero-order valence-electron chi connectivity index (χ0n) is 9.59. The van der Waals surface area contributed by atoms with E-state index >= 15 is 0 Å². The molecule has 1 heterocycles. The van der Waals surface area contributed by atoms with Crippen molar-refractivity contribution >= 4 is 6.29 Å². The van der Waals surface area contributed by atoms with Crippen LogP contribution in [0, 0.1) is 6.92 Å². The first-order chi connectivity index (χ1) is 8.29. The third kappa shape index (κ3) is 2.91. The lowest BCUT2D eigenvalue weighted by molar-refractivity contribution is 0.111. The predicted molar refractivity (Wildman–Crippen MR) is 65.1 cm³/mol. The van der Waals surface area contributed by atoms with E-state index in [1.807, 2.05) is 25.1 Å². The summed E-state index contributed by atoms with van der Waals surface area (Å²) in [5.74, 6) is 0.601. The second-order valence-corrected chi connectivity index (χ2v) is 3.81. The van der Waals surface area contributed by atoms with Crippen LogP contribution in [0.15, 0.2) is 42.7 Å². The topological polar surface area (TPSA) is 39.2 Å². The van der Waals surface area contributed by atoms with E-state index < -0.39 is 0 Å². The van der Waals surface area contributed by atoms with Crippen LogP contribution in [0.3, 0.4) is 0 Å². The fourth-order valence-electron chi connectivity index (χ4n) is 1.57. The Labute approximate surface area is 100 Å². The molecular formula is C14H13NO2. The molecule has 3 heteroatoms. The van der Waals surface area contributed by atoms with Crippen molar-refractivity contribution in [1.29, 1.82) is 0 Å². The molecule has 0 saturated heterocycles. The van der Waals surface area contributed by atoms with E-state index in [1.54, 1.807) is 24.5 Å². The molecule has 0 amide bonds. The molecule has 0 radical (unpaired) electrons. The Bertz CT molecular complexity index is 523. The van der Waals surface area contributed by atoms with E-state index in [4.69, 9.17) is 4.74 Å². The monoisotopic (exact) mass is 227 g/mol. The minimum Gasteiger partial charge on any atom is -0.488 e. The van der Waals surface area contributed by atoms with Crippen molar-refractivity contribution in [3.8, 4) is 5.75 Å². The number of benzene rings is 1. The molecule has 0 bridgehead atoms. The van der Waals surface area contributed by atoms with Crippen molar-refractivity contribution in [2.45, 2.75) is 13.5 Å². The molecule has 0 unspecified atom stereocenters. The Hall–Kier alpha value is -2.16. The van der Waals surface area contributed by atoms with Crippen LogP contribution >= 0.6 is 0 Å². The summed E-state index contributed by atoms with van der Waals surface area (Å²) in [6, 6.07) is 9.18. The Morgan fingerprint density at radius 2 is 2.12 bits per heavy atom. The first-order valence-corrected chi connectivity index (χ1v) is 5.37. The van der Waals surface area contributed by atoms with Gasteiger partial charge in [-0.15, -0.1) is 0 Å². The SMILES string of the molecule is Cc1cncc(COc2ccccc2C=O)c1. The van der Waals surface area contributed by atoms with Crippen LogP contribution in [-0.2, 0) is 6.61 Å². The summed E-state index contributed by atoms with van der Waals surface area (Å²) in [6.07, 6.45) is 4.35. The Balaban J connectivity index is 2.09. The fraction of sp³-hybridized carbons (Fsp3) is 0.143. The highest BCUT2D eigenvalue weighted by Gasteiger charge is 2.02. The number of aromatic nitrogens is 1. The minimum atomic E-state index is 0.416. The van der Waals surface area contributed by atoms with Gasteiger partial charge in [-0.1, -0.05) is 12.1 Å². The molecule has 86 valence electrons. The van der Waals surface area contributed by atoms with Gasteiger partial charge in [0.25, 0.3) is 0 Å². The summed E-state index contributed by atoms with van der Waals surface area (Å²) in [4.78, 5) is 14.9. The average Bonchev–Trinajstić information content (AvgIpc) is 2.37. The molecule has 0 saturated carbocycles. The summed E-state index contributed by atoms with van der Waals surface area (Å²) in [7, 11) is 0. The summed E-state index contributed by atoms with van der Waals surface area (Å²) >= 11 is 0. The van der Waals surface area contributed by atoms with Crippen LogP contribution in [0.4, 0.5) is 0 Å². The molecule has 0 aliphatic heterocycles. The molecule has 17 heavy (non-hydrogen) atoms. The number of ether oxygens (including phenoxy) is 1. The highest BCUT2D eigenvalue weighted by Crippen LogP contribution is 2.17. The summed E-state index contributed by atoms with van der Waals surface area (Å²) in [5.41, 5.74) is 2.65. The Morgan fingerprint density at radius 1 is 1.29 bits per heavy atom. The quantitative estimate of drug-likeness (QED) is 0.754. The van der Waals surface area contributed by atoms with Gasteiger partial charge in [0.15, 0.2) is 6.29 Å². The predicted octanol–water partition coefficient (Wildman–Crippen LogP) is 2.78. The molecule has 1 aromatic carbocycles. The zero-order valence-corrected chi connectivity index (χ0v) is 9.59. The summed E-state index contributed by atoms with van der Waals surface area (Å²) in [6.45, 7) is 2.40. The lowest BCUT2D eigenvalue weighted by Crippen LogP contribution is -1.98. The number of aryl methyl sites for hydroxylation is 1.